The molecule has 0 radical (unpaired) electrons. The molecule has 0 heterocycles. The van der Waals surface area contributed by atoms with Gasteiger partial charge in [-0.3, -0.25) is 0 Å². The molecule has 4 aliphatic carbocycles. The molecule has 71 heavy (non-hydrogen) atoms. The van der Waals surface area contributed by atoms with Gasteiger partial charge in [-0.15, -0.1) is 0 Å². The van der Waals surface area contributed by atoms with Crippen LogP contribution in [0, 0.1) is 13.8 Å². The Morgan fingerprint density at radius 2 is 0.493 bits per heavy atom. The minimum atomic E-state index is -0.463. The highest BCUT2D eigenvalue weighted by Crippen LogP contribution is 2.65. The van der Waals surface area contributed by atoms with Crippen molar-refractivity contribution in [3.63, 3.8) is 0 Å². The molecule has 0 N–H and O–H groups in total. The molecule has 0 atom stereocenters. The van der Waals surface area contributed by atoms with Crippen LogP contribution in [0.1, 0.15) is 55.6 Å². The minimum absolute atomic E-state index is 0.463. The summed E-state index contributed by atoms with van der Waals surface area (Å²) in [7, 11) is 0. The summed E-state index contributed by atoms with van der Waals surface area (Å²) in [4.78, 5) is 2.51. The summed E-state index contributed by atoms with van der Waals surface area (Å²) in [5.41, 5.74) is 31.0. The smallest absolute Gasteiger partial charge is 0.0726 e. The largest absolute Gasteiger partial charge is 0.310 e. The van der Waals surface area contributed by atoms with Crippen molar-refractivity contribution in [2.75, 3.05) is 4.90 Å². The van der Waals surface area contributed by atoms with Gasteiger partial charge in [-0.25, -0.2) is 0 Å². The van der Waals surface area contributed by atoms with Gasteiger partial charge in [-0.05, 0) is 162 Å². The lowest BCUT2D eigenvalue weighted by Gasteiger charge is -2.33. The van der Waals surface area contributed by atoms with Crippen molar-refractivity contribution in [3.05, 3.63) is 304 Å². The third-order valence-electron chi connectivity index (χ3n) is 16.4. The third kappa shape index (κ3) is 5.41. The molecule has 0 unspecified atom stereocenters. The SMILES string of the molecule is Cc1cc(C)cc(-c2ccc(-c3ccc(N(c4ccc5c(c4)C4(c6ccccc6-c6ccccc64)c4ccccc4-5)c4ccc5c(c4)C4(c6ccccc6-c6ccccc64)c4ccccc4-5)cc3)cc2)c1. The van der Waals surface area contributed by atoms with E-state index < -0.39 is 10.8 Å². The van der Waals surface area contributed by atoms with Crippen LogP contribution >= 0.6 is 0 Å². The van der Waals surface area contributed by atoms with E-state index in [1.165, 1.54) is 122 Å². The van der Waals surface area contributed by atoms with Crippen molar-refractivity contribution in [1.82, 2.24) is 0 Å². The lowest BCUT2D eigenvalue weighted by molar-refractivity contribution is 0.792. The van der Waals surface area contributed by atoms with Crippen LogP contribution in [0.4, 0.5) is 17.1 Å². The summed E-state index contributed by atoms with van der Waals surface area (Å²) in [5, 5.41) is 0. The molecule has 0 saturated carbocycles. The monoisotopic (exact) mass is 901 g/mol. The number of rotatable bonds is 5. The lowest BCUT2D eigenvalue weighted by atomic mass is 9.70. The van der Waals surface area contributed by atoms with Gasteiger partial charge in [-0.2, -0.15) is 0 Å². The first-order chi connectivity index (χ1) is 35.0. The van der Waals surface area contributed by atoms with Gasteiger partial charge in [0.15, 0.2) is 0 Å². The molecule has 0 aromatic heterocycles. The van der Waals surface area contributed by atoms with E-state index >= 15 is 0 Å². The predicted molar refractivity (Wildman–Crippen MR) is 294 cm³/mol. The summed E-state index contributed by atoms with van der Waals surface area (Å²) >= 11 is 0. The maximum atomic E-state index is 2.52. The maximum Gasteiger partial charge on any atom is 0.0726 e. The van der Waals surface area contributed by atoms with Gasteiger partial charge in [0.25, 0.3) is 0 Å². The van der Waals surface area contributed by atoms with Crippen LogP contribution in [0.5, 0.6) is 0 Å². The van der Waals surface area contributed by atoms with Gasteiger partial charge in [0.05, 0.1) is 10.8 Å². The Hall–Kier alpha value is -8.78. The third-order valence-corrected chi connectivity index (χ3v) is 16.4. The first kappa shape index (κ1) is 40.1. The Morgan fingerprint density at radius 3 is 0.831 bits per heavy atom. The molecule has 11 aromatic rings. The van der Waals surface area contributed by atoms with Gasteiger partial charge in [0.1, 0.15) is 0 Å². The fraction of sp³-hybridized carbons (Fsp3) is 0.0571. The second-order valence-corrected chi connectivity index (χ2v) is 20.1. The second kappa shape index (κ2) is 14.9. The van der Waals surface area contributed by atoms with Crippen LogP contribution in [-0.4, -0.2) is 0 Å². The molecule has 1 heteroatoms. The molecular weight excluding hydrogens is 855 g/mol. The molecule has 1 nitrogen and oxygen atoms in total. The second-order valence-electron chi connectivity index (χ2n) is 20.1. The molecule has 0 fully saturated rings. The standard InChI is InChI=1S/C70H47N/c1-44-39-45(2)41-49(40-44)48-29-27-46(28-30-48)47-31-33-50(34-32-47)71(51-35-37-59-57-19-7-13-25-65(57)69(67(59)42-51)61-21-9-3-15-53(61)54-16-4-10-22-62(54)69)52-36-38-60-58-20-8-14-26-66(58)70(68(60)43-52)63-23-11-5-17-55(63)56-18-6-12-24-64(56)70/h3-43H,1-2H3. The van der Waals surface area contributed by atoms with Crippen LogP contribution < -0.4 is 4.90 Å². The Labute approximate surface area is 415 Å². The Kier molecular flexibility index (Phi) is 8.40. The molecular formula is C70H47N. The minimum Gasteiger partial charge on any atom is -0.310 e. The first-order valence-corrected chi connectivity index (χ1v) is 25.0. The van der Waals surface area contributed by atoms with E-state index in [2.05, 4.69) is 267 Å². The molecule has 0 saturated heterocycles. The van der Waals surface area contributed by atoms with E-state index in [1.807, 2.05) is 0 Å². The van der Waals surface area contributed by atoms with Crippen molar-refractivity contribution in [2.24, 2.45) is 0 Å². The van der Waals surface area contributed by atoms with Crippen molar-refractivity contribution in [2.45, 2.75) is 24.7 Å². The van der Waals surface area contributed by atoms with Crippen molar-refractivity contribution < 1.29 is 0 Å². The lowest BCUT2D eigenvalue weighted by Crippen LogP contribution is -2.26. The highest BCUT2D eigenvalue weighted by molar-refractivity contribution is 5.99. The Bertz CT molecular complexity index is 3680. The zero-order chi connectivity index (χ0) is 47.0. The fourth-order valence-corrected chi connectivity index (χ4v) is 13.7. The van der Waals surface area contributed by atoms with Gasteiger partial charge >= 0.3 is 0 Å². The average Bonchev–Trinajstić information content (AvgIpc) is 4.10. The summed E-state index contributed by atoms with van der Waals surface area (Å²) < 4.78 is 0. The van der Waals surface area contributed by atoms with Gasteiger partial charge in [0, 0.05) is 17.1 Å². The summed E-state index contributed by atoms with van der Waals surface area (Å²) in [6.45, 7) is 4.35. The molecule has 0 aliphatic heterocycles. The number of fused-ring (bicyclic) bond motifs is 20. The number of nitrogens with zero attached hydrogens (tertiary/aromatic N) is 1. The zero-order valence-corrected chi connectivity index (χ0v) is 39.6. The predicted octanol–water partition coefficient (Wildman–Crippen LogP) is 17.8. The van der Waals surface area contributed by atoms with E-state index in [-0.39, 0.29) is 0 Å². The van der Waals surface area contributed by atoms with Gasteiger partial charge in [-0.1, -0.05) is 223 Å². The molecule has 11 aromatic carbocycles. The van der Waals surface area contributed by atoms with Gasteiger partial charge < -0.3 is 4.90 Å². The molecule has 4 aliphatic rings. The summed E-state index contributed by atoms with van der Waals surface area (Å²) in [6.07, 6.45) is 0. The molecule has 332 valence electrons. The zero-order valence-electron chi connectivity index (χ0n) is 39.6. The topological polar surface area (TPSA) is 3.24 Å². The fourth-order valence-electron chi connectivity index (χ4n) is 13.7. The van der Waals surface area contributed by atoms with Crippen molar-refractivity contribution in [3.8, 4) is 66.8 Å². The molecule has 0 amide bonds. The quantitative estimate of drug-likeness (QED) is 0.166. The molecule has 0 bridgehead atoms. The van der Waals surface area contributed by atoms with E-state index in [0.717, 1.165) is 17.1 Å². The molecule has 2 spiro atoms. The Balaban J connectivity index is 0.945. The number of aryl methyl sites for hydroxylation is 2. The number of anilines is 3. The summed E-state index contributed by atoms with van der Waals surface area (Å²) in [5.74, 6) is 0. The van der Waals surface area contributed by atoms with E-state index in [0.29, 0.717) is 0 Å². The van der Waals surface area contributed by atoms with Crippen LogP contribution in [0.15, 0.2) is 249 Å². The van der Waals surface area contributed by atoms with Crippen LogP contribution in [0.3, 0.4) is 0 Å². The average molecular weight is 902 g/mol. The van der Waals surface area contributed by atoms with Crippen LogP contribution in [0.2, 0.25) is 0 Å². The van der Waals surface area contributed by atoms with Crippen molar-refractivity contribution >= 4 is 17.1 Å². The number of hydrogen-bond donors (Lipinski definition) is 0. The van der Waals surface area contributed by atoms with Crippen LogP contribution in [0.25, 0.3) is 66.8 Å². The van der Waals surface area contributed by atoms with E-state index in [4.69, 9.17) is 0 Å². The normalized spacial score (nSPS) is 14.0. The summed E-state index contributed by atoms with van der Waals surface area (Å²) in [6, 6.07) is 94.3. The molecule has 15 rings (SSSR count). The Morgan fingerprint density at radius 1 is 0.225 bits per heavy atom. The van der Waals surface area contributed by atoms with Crippen LogP contribution in [-0.2, 0) is 10.8 Å². The van der Waals surface area contributed by atoms with Gasteiger partial charge in [0.2, 0.25) is 0 Å². The van der Waals surface area contributed by atoms with E-state index in [9.17, 15) is 0 Å². The number of benzene rings is 11. The number of hydrogen-bond acceptors (Lipinski definition) is 1. The first-order valence-electron chi connectivity index (χ1n) is 25.0. The maximum absolute atomic E-state index is 2.52. The van der Waals surface area contributed by atoms with Crippen molar-refractivity contribution in [1.29, 1.82) is 0 Å². The van der Waals surface area contributed by atoms with E-state index in [1.54, 1.807) is 0 Å². The highest BCUT2D eigenvalue weighted by atomic mass is 15.1. The highest BCUT2D eigenvalue weighted by Gasteiger charge is 2.53.